The van der Waals surface area contributed by atoms with Gasteiger partial charge in [0, 0.05) is 36.7 Å². The van der Waals surface area contributed by atoms with Gasteiger partial charge in [-0.2, -0.15) is 0 Å². The minimum Gasteiger partial charge on any atom is -0.309 e. The van der Waals surface area contributed by atoms with Gasteiger partial charge in [-0.1, -0.05) is 17.7 Å². The fraction of sp³-hybridized carbons (Fsp3) is 0.538. The SMILES string of the molecule is CC1CN(Cc2ccc(F)cc2Cl)CC(C)N1.Cl. The van der Waals surface area contributed by atoms with Gasteiger partial charge in [0.2, 0.25) is 0 Å². The molecule has 0 amide bonds. The lowest BCUT2D eigenvalue weighted by molar-refractivity contribution is 0.166. The maximum atomic E-state index is 12.9. The van der Waals surface area contributed by atoms with E-state index in [1.54, 1.807) is 6.07 Å². The van der Waals surface area contributed by atoms with Crippen LogP contribution in [-0.2, 0) is 6.54 Å². The highest BCUT2D eigenvalue weighted by molar-refractivity contribution is 6.31. The molecule has 1 aromatic carbocycles. The number of halogens is 3. The molecule has 2 rings (SSSR count). The Labute approximate surface area is 119 Å². The molecule has 1 aromatic rings. The maximum Gasteiger partial charge on any atom is 0.124 e. The second kappa shape index (κ2) is 6.71. The first-order valence-corrected chi connectivity index (χ1v) is 6.34. The van der Waals surface area contributed by atoms with Crippen molar-refractivity contribution in [3.8, 4) is 0 Å². The molecule has 2 unspecified atom stereocenters. The van der Waals surface area contributed by atoms with Crippen LogP contribution in [0.1, 0.15) is 19.4 Å². The van der Waals surface area contributed by atoms with E-state index in [2.05, 4.69) is 24.1 Å². The Hall–Kier alpha value is -0.350. The first-order chi connectivity index (χ1) is 8.04. The maximum absolute atomic E-state index is 12.9. The van der Waals surface area contributed by atoms with Crippen LogP contribution >= 0.6 is 24.0 Å². The second-order valence-electron chi connectivity index (χ2n) is 4.90. The van der Waals surface area contributed by atoms with Crippen LogP contribution in [-0.4, -0.2) is 30.1 Å². The van der Waals surface area contributed by atoms with Crippen LogP contribution in [0, 0.1) is 5.82 Å². The summed E-state index contributed by atoms with van der Waals surface area (Å²) in [6.07, 6.45) is 0. The first kappa shape index (κ1) is 15.7. The highest BCUT2D eigenvalue weighted by Crippen LogP contribution is 2.20. The summed E-state index contributed by atoms with van der Waals surface area (Å²) in [6, 6.07) is 5.59. The molecule has 1 N–H and O–H groups in total. The molecule has 102 valence electrons. The van der Waals surface area contributed by atoms with E-state index in [0.29, 0.717) is 17.1 Å². The predicted octanol–water partition coefficient (Wildman–Crippen LogP) is 3.08. The van der Waals surface area contributed by atoms with Crippen molar-refractivity contribution in [2.75, 3.05) is 13.1 Å². The van der Waals surface area contributed by atoms with E-state index in [9.17, 15) is 4.39 Å². The van der Waals surface area contributed by atoms with Crippen LogP contribution in [0.25, 0.3) is 0 Å². The molecule has 5 heteroatoms. The van der Waals surface area contributed by atoms with E-state index in [0.717, 1.165) is 25.2 Å². The third-order valence-electron chi connectivity index (χ3n) is 3.04. The molecule has 18 heavy (non-hydrogen) atoms. The van der Waals surface area contributed by atoms with Crippen LogP contribution in [0.4, 0.5) is 4.39 Å². The second-order valence-corrected chi connectivity index (χ2v) is 5.31. The van der Waals surface area contributed by atoms with E-state index < -0.39 is 0 Å². The van der Waals surface area contributed by atoms with Crippen LogP contribution in [0.5, 0.6) is 0 Å². The number of benzene rings is 1. The summed E-state index contributed by atoms with van der Waals surface area (Å²) in [5.74, 6) is -0.277. The van der Waals surface area contributed by atoms with Gasteiger partial charge in [0.1, 0.15) is 5.82 Å². The average molecular weight is 293 g/mol. The average Bonchev–Trinajstić information content (AvgIpc) is 2.21. The molecule has 0 aliphatic carbocycles. The van der Waals surface area contributed by atoms with E-state index in [1.165, 1.54) is 12.1 Å². The topological polar surface area (TPSA) is 15.3 Å². The number of rotatable bonds is 2. The Kier molecular flexibility index (Phi) is 5.86. The number of nitrogens with zero attached hydrogens (tertiary/aromatic N) is 1. The molecule has 0 radical (unpaired) electrons. The van der Waals surface area contributed by atoms with Crippen molar-refractivity contribution < 1.29 is 4.39 Å². The minimum atomic E-state index is -0.277. The van der Waals surface area contributed by atoms with Crippen molar-refractivity contribution in [1.29, 1.82) is 0 Å². The van der Waals surface area contributed by atoms with Gasteiger partial charge in [0.15, 0.2) is 0 Å². The zero-order valence-electron chi connectivity index (χ0n) is 10.6. The van der Waals surface area contributed by atoms with E-state index in [-0.39, 0.29) is 18.2 Å². The summed E-state index contributed by atoms with van der Waals surface area (Å²) in [7, 11) is 0. The molecule has 1 saturated heterocycles. The van der Waals surface area contributed by atoms with Gasteiger partial charge in [-0.25, -0.2) is 4.39 Å². The number of hydrogen-bond acceptors (Lipinski definition) is 2. The summed E-state index contributed by atoms with van der Waals surface area (Å²) in [6.45, 7) is 7.13. The van der Waals surface area contributed by atoms with Gasteiger partial charge in [-0.3, -0.25) is 4.90 Å². The molecule has 0 bridgehead atoms. The third-order valence-corrected chi connectivity index (χ3v) is 3.39. The van der Waals surface area contributed by atoms with Crippen LogP contribution < -0.4 is 5.32 Å². The highest BCUT2D eigenvalue weighted by atomic mass is 35.5. The van der Waals surface area contributed by atoms with E-state index in [4.69, 9.17) is 11.6 Å². The molecular formula is C13H19Cl2FN2. The lowest BCUT2D eigenvalue weighted by Gasteiger charge is -2.36. The Morgan fingerprint density at radius 1 is 1.33 bits per heavy atom. The predicted molar refractivity (Wildman–Crippen MR) is 76.0 cm³/mol. The molecule has 1 aliphatic rings. The Morgan fingerprint density at radius 2 is 1.94 bits per heavy atom. The largest absolute Gasteiger partial charge is 0.309 e. The first-order valence-electron chi connectivity index (χ1n) is 5.97. The lowest BCUT2D eigenvalue weighted by atomic mass is 10.1. The quantitative estimate of drug-likeness (QED) is 0.901. The van der Waals surface area contributed by atoms with Crippen molar-refractivity contribution in [3.63, 3.8) is 0 Å². The summed E-state index contributed by atoms with van der Waals surface area (Å²) in [4.78, 5) is 2.35. The zero-order valence-corrected chi connectivity index (χ0v) is 12.2. The molecule has 0 spiro atoms. The summed E-state index contributed by atoms with van der Waals surface area (Å²) < 4.78 is 12.9. The zero-order chi connectivity index (χ0) is 12.4. The van der Waals surface area contributed by atoms with Crippen molar-refractivity contribution in [2.45, 2.75) is 32.5 Å². The van der Waals surface area contributed by atoms with Gasteiger partial charge in [0.25, 0.3) is 0 Å². The fourth-order valence-electron chi connectivity index (χ4n) is 2.46. The van der Waals surface area contributed by atoms with Crippen LogP contribution in [0.15, 0.2) is 18.2 Å². The summed E-state index contributed by atoms with van der Waals surface area (Å²) in [5, 5.41) is 4.00. The monoisotopic (exact) mass is 292 g/mol. The summed E-state index contributed by atoms with van der Waals surface area (Å²) in [5.41, 5.74) is 0.995. The van der Waals surface area contributed by atoms with Gasteiger partial charge in [-0.15, -0.1) is 12.4 Å². The molecule has 1 heterocycles. The number of hydrogen-bond donors (Lipinski definition) is 1. The number of piperazine rings is 1. The van der Waals surface area contributed by atoms with Crippen LogP contribution in [0.3, 0.4) is 0 Å². The Balaban J connectivity index is 0.00000162. The van der Waals surface area contributed by atoms with E-state index >= 15 is 0 Å². The molecule has 2 nitrogen and oxygen atoms in total. The highest BCUT2D eigenvalue weighted by Gasteiger charge is 2.21. The van der Waals surface area contributed by atoms with Crippen molar-refractivity contribution in [1.82, 2.24) is 10.2 Å². The van der Waals surface area contributed by atoms with E-state index in [1.807, 2.05) is 0 Å². The van der Waals surface area contributed by atoms with Crippen molar-refractivity contribution >= 4 is 24.0 Å². The third kappa shape index (κ3) is 4.09. The molecular weight excluding hydrogens is 274 g/mol. The molecule has 1 aliphatic heterocycles. The molecule has 2 atom stereocenters. The lowest BCUT2D eigenvalue weighted by Crippen LogP contribution is -2.53. The molecule has 1 fully saturated rings. The van der Waals surface area contributed by atoms with Gasteiger partial charge >= 0.3 is 0 Å². The van der Waals surface area contributed by atoms with Crippen molar-refractivity contribution in [2.24, 2.45) is 0 Å². The Morgan fingerprint density at radius 3 is 2.50 bits per heavy atom. The number of nitrogens with one attached hydrogen (secondary N) is 1. The fourth-order valence-corrected chi connectivity index (χ4v) is 2.69. The smallest absolute Gasteiger partial charge is 0.124 e. The normalized spacial score (nSPS) is 24.7. The minimum absolute atomic E-state index is 0. The van der Waals surface area contributed by atoms with Crippen molar-refractivity contribution in [3.05, 3.63) is 34.6 Å². The van der Waals surface area contributed by atoms with Crippen LogP contribution in [0.2, 0.25) is 5.02 Å². The summed E-state index contributed by atoms with van der Waals surface area (Å²) >= 11 is 6.04. The molecule has 0 saturated carbocycles. The molecule has 0 aromatic heterocycles. The van der Waals surface area contributed by atoms with Gasteiger partial charge in [-0.05, 0) is 31.5 Å². The van der Waals surface area contributed by atoms with Gasteiger partial charge in [0.05, 0.1) is 0 Å². The van der Waals surface area contributed by atoms with Gasteiger partial charge < -0.3 is 5.32 Å². The standard InChI is InChI=1S/C13H18ClFN2.ClH/c1-9-6-17(7-10(2)16-9)8-11-3-4-12(15)5-13(11)14;/h3-5,9-10,16H,6-8H2,1-2H3;1H. The Bertz CT molecular complexity index is 391.